The standard InChI is InChI=1S/C14H9ClFNS/c1-8-6-10(16)3-4-11(8)14-17-12-5-2-9(15)7-13(12)18-14/h2-7H,1H3. The molecule has 1 nitrogen and oxygen atoms in total. The second-order valence-corrected chi connectivity index (χ2v) is 5.56. The van der Waals surface area contributed by atoms with E-state index in [0.29, 0.717) is 5.02 Å². The van der Waals surface area contributed by atoms with Crippen LogP contribution in [-0.2, 0) is 0 Å². The third-order valence-electron chi connectivity index (χ3n) is 2.77. The zero-order chi connectivity index (χ0) is 12.7. The van der Waals surface area contributed by atoms with Crippen molar-refractivity contribution in [3.63, 3.8) is 0 Å². The number of aryl methyl sites for hydroxylation is 1. The smallest absolute Gasteiger partial charge is 0.124 e. The monoisotopic (exact) mass is 277 g/mol. The summed E-state index contributed by atoms with van der Waals surface area (Å²) in [5.74, 6) is -0.222. The first kappa shape index (κ1) is 11.6. The summed E-state index contributed by atoms with van der Waals surface area (Å²) in [5.41, 5.74) is 2.78. The molecule has 0 aliphatic carbocycles. The van der Waals surface area contributed by atoms with E-state index in [9.17, 15) is 4.39 Å². The molecule has 18 heavy (non-hydrogen) atoms. The number of hydrogen-bond acceptors (Lipinski definition) is 2. The van der Waals surface area contributed by atoms with Crippen LogP contribution in [0.5, 0.6) is 0 Å². The van der Waals surface area contributed by atoms with Crippen molar-refractivity contribution in [2.24, 2.45) is 0 Å². The lowest BCUT2D eigenvalue weighted by molar-refractivity contribution is 0.627. The summed E-state index contributed by atoms with van der Waals surface area (Å²) in [6, 6.07) is 10.4. The van der Waals surface area contributed by atoms with Crippen molar-refractivity contribution in [1.82, 2.24) is 4.98 Å². The zero-order valence-electron chi connectivity index (χ0n) is 9.58. The van der Waals surface area contributed by atoms with Gasteiger partial charge in [0.25, 0.3) is 0 Å². The van der Waals surface area contributed by atoms with Gasteiger partial charge < -0.3 is 0 Å². The summed E-state index contributed by atoms with van der Waals surface area (Å²) >= 11 is 7.52. The molecule has 4 heteroatoms. The molecule has 0 atom stereocenters. The van der Waals surface area contributed by atoms with Crippen LogP contribution in [0.2, 0.25) is 5.02 Å². The van der Waals surface area contributed by atoms with Gasteiger partial charge in [-0.1, -0.05) is 11.6 Å². The average molecular weight is 278 g/mol. The Morgan fingerprint density at radius 1 is 1.17 bits per heavy atom. The van der Waals surface area contributed by atoms with Gasteiger partial charge >= 0.3 is 0 Å². The molecule has 0 unspecified atom stereocenters. The maximum Gasteiger partial charge on any atom is 0.124 e. The fourth-order valence-electron chi connectivity index (χ4n) is 1.88. The number of nitrogens with zero attached hydrogens (tertiary/aromatic N) is 1. The first-order valence-electron chi connectivity index (χ1n) is 5.46. The van der Waals surface area contributed by atoms with Gasteiger partial charge in [0.1, 0.15) is 10.8 Å². The van der Waals surface area contributed by atoms with E-state index in [2.05, 4.69) is 4.98 Å². The molecule has 0 saturated carbocycles. The molecule has 3 rings (SSSR count). The van der Waals surface area contributed by atoms with Gasteiger partial charge in [0, 0.05) is 10.6 Å². The van der Waals surface area contributed by atoms with Crippen LogP contribution in [0, 0.1) is 12.7 Å². The van der Waals surface area contributed by atoms with Crippen LogP contribution in [0.15, 0.2) is 36.4 Å². The second kappa shape index (κ2) is 4.34. The zero-order valence-corrected chi connectivity index (χ0v) is 11.1. The summed E-state index contributed by atoms with van der Waals surface area (Å²) < 4.78 is 14.1. The first-order valence-corrected chi connectivity index (χ1v) is 6.65. The van der Waals surface area contributed by atoms with E-state index < -0.39 is 0 Å². The molecule has 1 aromatic heterocycles. The minimum Gasteiger partial charge on any atom is -0.236 e. The Balaban J connectivity index is 2.19. The molecule has 0 aliphatic heterocycles. The van der Waals surface area contributed by atoms with Gasteiger partial charge in [0.2, 0.25) is 0 Å². The van der Waals surface area contributed by atoms with Crippen LogP contribution in [0.25, 0.3) is 20.8 Å². The number of halogens is 2. The molecule has 0 aliphatic rings. The van der Waals surface area contributed by atoms with Gasteiger partial charge in [0.05, 0.1) is 10.2 Å². The van der Waals surface area contributed by atoms with Crippen LogP contribution in [-0.4, -0.2) is 4.98 Å². The quantitative estimate of drug-likeness (QED) is 0.605. The normalized spacial score (nSPS) is 11.1. The molecule has 0 saturated heterocycles. The van der Waals surface area contributed by atoms with Gasteiger partial charge in [-0.2, -0.15) is 0 Å². The van der Waals surface area contributed by atoms with Gasteiger partial charge in [-0.15, -0.1) is 11.3 Å². The molecule has 0 spiro atoms. The van der Waals surface area contributed by atoms with Crippen LogP contribution >= 0.6 is 22.9 Å². The molecular weight excluding hydrogens is 269 g/mol. The highest BCUT2D eigenvalue weighted by Crippen LogP contribution is 2.33. The Hall–Kier alpha value is -1.45. The highest BCUT2D eigenvalue weighted by molar-refractivity contribution is 7.21. The lowest BCUT2D eigenvalue weighted by atomic mass is 10.1. The SMILES string of the molecule is Cc1cc(F)ccc1-c1nc2ccc(Cl)cc2s1. The third-order valence-corrected chi connectivity index (χ3v) is 4.06. The number of fused-ring (bicyclic) bond motifs is 1. The maximum absolute atomic E-state index is 13.1. The number of benzene rings is 2. The van der Waals surface area contributed by atoms with Crippen molar-refractivity contribution in [1.29, 1.82) is 0 Å². The number of aromatic nitrogens is 1. The van der Waals surface area contributed by atoms with E-state index in [1.54, 1.807) is 17.4 Å². The topological polar surface area (TPSA) is 12.9 Å². The van der Waals surface area contributed by atoms with E-state index in [1.165, 1.54) is 12.1 Å². The average Bonchev–Trinajstić information content (AvgIpc) is 2.71. The Morgan fingerprint density at radius 2 is 2.00 bits per heavy atom. The van der Waals surface area contributed by atoms with E-state index >= 15 is 0 Å². The van der Waals surface area contributed by atoms with Crippen LogP contribution in [0.4, 0.5) is 4.39 Å². The van der Waals surface area contributed by atoms with Crippen molar-refractivity contribution in [2.75, 3.05) is 0 Å². The number of hydrogen-bond donors (Lipinski definition) is 0. The highest BCUT2D eigenvalue weighted by Gasteiger charge is 2.09. The lowest BCUT2D eigenvalue weighted by Gasteiger charge is -2.01. The predicted octanol–water partition coefficient (Wildman–Crippen LogP) is 5.06. The first-order chi connectivity index (χ1) is 8.63. The minimum atomic E-state index is -0.222. The third kappa shape index (κ3) is 2.00. The van der Waals surface area contributed by atoms with Crippen molar-refractivity contribution in [3.05, 3.63) is 52.8 Å². The van der Waals surface area contributed by atoms with E-state index in [4.69, 9.17) is 11.6 Å². The van der Waals surface area contributed by atoms with Gasteiger partial charge in [0.15, 0.2) is 0 Å². The Labute approximate surface area is 113 Å². The van der Waals surface area contributed by atoms with Crippen LogP contribution < -0.4 is 0 Å². The van der Waals surface area contributed by atoms with Crippen molar-refractivity contribution in [3.8, 4) is 10.6 Å². The Kier molecular flexibility index (Phi) is 2.80. The molecule has 0 radical (unpaired) electrons. The highest BCUT2D eigenvalue weighted by atomic mass is 35.5. The molecule has 90 valence electrons. The maximum atomic E-state index is 13.1. The predicted molar refractivity (Wildman–Crippen MR) is 74.8 cm³/mol. The van der Waals surface area contributed by atoms with Crippen molar-refractivity contribution in [2.45, 2.75) is 6.92 Å². The van der Waals surface area contributed by atoms with Gasteiger partial charge in [-0.05, 0) is 48.9 Å². The largest absolute Gasteiger partial charge is 0.236 e. The van der Waals surface area contributed by atoms with Crippen molar-refractivity contribution >= 4 is 33.2 Å². The fraction of sp³-hybridized carbons (Fsp3) is 0.0714. The van der Waals surface area contributed by atoms with Crippen LogP contribution in [0.1, 0.15) is 5.56 Å². The van der Waals surface area contributed by atoms with Crippen LogP contribution in [0.3, 0.4) is 0 Å². The van der Waals surface area contributed by atoms with Gasteiger partial charge in [-0.3, -0.25) is 0 Å². The summed E-state index contributed by atoms with van der Waals surface area (Å²) in [4.78, 5) is 4.55. The summed E-state index contributed by atoms with van der Waals surface area (Å²) in [5, 5.41) is 1.60. The van der Waals surface area contributed by atoms with Gasteiger partial charge in [-0.25, -0.2) is 9.37 Å². The fourth-order valence-corrected chi connectivity index (χ4v) is 3.21. The molecule has 0 fully saturated rings. The summed E-state index contributed by atoms with van der Waals surface area (Å²) in [6.45, 7) is 1.89. The summed E-state index contributed by atoms with van der Waals surface area (Å²) in [7, 11) is 0. The summed E-state index contributed by atoms with van der Waals surface area (Å²) in [6.07, 6.45) is 0. The van der Waals surface area contributed by atoms with E-state index in [-0.39, 0.29) is 5.82 Å². The van der Waals surface area contributed by atoms with Crippen molar-refractivity contribution < 1.29 is 4.39 Å². The molecule has 0 bridgehead atoms. The number of thiazole rings is 1. The molecule has 1 heterocycles. The minimum absolute atomic E-state index is 0.222. The Bertz CT molecular complexity index is 736. The van der Waals surface area contributed by atoms with E-state index in [1.807, 2.05) is 25.1 Å². The second-order valence-electron chi connectivity index (χ2n) is 4.09. The molecular formula is C14H9ClFNS. The molecule has 0 N–H and O–H groups in total. The molecule has 3 aromatic rings. The van der Waals surface area contributed by atoms with E-state index in [0.717, 1.165) is 26.4 Å². The lowest BCUT2D eigenvalue weighted by Crippen LogP contribution is -1.83. The Morgan fingerprint density at radius 3 is 2.78 bits per heavy atom. The number of rotatable bonds is 1. The molecule has 2 aromatic carbocycles. The molecule has 0 amide bonds.